The zero-order valence-electron chi connectivity index (χ0n) is 15.0. The van der Waals surface area contributed by atoms with Gasteiger partial charge in [-0.05, 0) is 25.6 Å². The zero-order valence-corrected chi connectivity index (χ0v) is 15.0. The predicted octanol–water partition coefficient (Wildman–Crippen LogP) is 3.02. The summed E-state index contributed by atoms with van der Waals surface area (Å²) in [4.78, 5) is 14.9. The van der Waals surface area contributed by atoms with E-state index in [0.717, 1.165) is 30.8 Å². The van der Waals surface area contributed by atoms with Crippen LogP contribution in [-0.2, 0) is 0 Å². The second-order valence-electron chi connectivity index (χ2n) is 6.84. The van der Waals surface area contributed by atoms with E-state index < -0.39 is 0 Å². The maximum Gasteiger partial charge on any atom is 0.193 e. The lowest BCUT2D eigenvalue weighted by atomic mass is 9.93. The number of benzene rings is 2. The van der Waals surface area contributed by atoms with Gasteiger partial charge >= 0.3 is 0 Å². The Hall–Kier alpha value is -2.01. The minimum Gasteiger partial charge on any atom is -0.306 e. The standard InChI is InChI=1S/C21H27N3O/c1-3-13-24(2)15-19-14-22-23-20(19)16-9-11-18(12-10-16)21(25)17-7-5-4-6-8-17/h4-12,19-20,22-23H,3,13-15H2,1-2H3. The number of ketones is 1. The largest absolute Gasteiger partial charge is 0.306 e. The summed E-state index contributed by atoms with van der Waals surface area (Å²) in [5.74, 6) is 0.594. The number of hydrazine groups is 1. The summed E-state index contributed by atoms with van der Waals surface area (Å²) < 4.78 is 0. The smallest absolute Gasteiger partial charge is 0.193 e. The molecule has 2 aromatic carbocycles. The lowest BCUT2D eigenvalue weighted by Gasteiger charge is -2.24. The molecule has 2 N–H and O–H groups in total. The summed E-state index contributed by atoms with van der Waals surface area (Å²) in [6.07, 6.45) is 1.17. The number of rotatable bonds is 7. The fourth-order valence-corrected chi connectivity index (χ4v) is 3.53. The molecule has 1 heterocycles. The highest BCUT2D eigenvalue weighted by atomic mass is 16.1. The van der Waals surface area contributed by atoms with Gasteiger partial charge in [-0.15, -0.1) is 0 Å². The number of carbonyl (C=O) groups excluding carboxylic acids is 1. The van der Waals surface area contributed by atoms with Gasteiger partial charge in [0.05, 0.1) is 6.04 Å². The Kier molecular flexibility index (Phi) is 5.97. The minimum atomic E-state index is 0.0730. The van der Waals surface area contributed by atoms with Gasteiger partial charge in [0.25, 0.3) is 0 Å². The Labute approximate surface area is 150 Å². The monoisotopic (exact) mass is 337 g/mol. The van der Waals surface area contributed by atoms with Crippen LogP contribution in [-0.4, -0.2) is 37.4 Å². The number of hydrogen-bond acceptors (Lipinski definition) is 4. The van der Waals surface area contributed by atoms with Crippen molar-refractivity contribution in [2.75, 3.05) is 26.7 Å². The first-order valence-electron chi connectivity index (χ1n) is 9.05. The Bertz CT molecular complexity index is 684. The van der Waals surface area contributed by atoms with Crippen LogP contribution in [0.2, 0.25) is 0 Å². The van der Waals surface area contributed by atoms with Crippen molar-refractivity contribution >= 4 is 5.78 Å². The Morgan fingerprint density at radius 3 is 2.44 bits per heavy atom. The molecule has 0 amide bonds. The minimum absolute atomic E-state index is 0.0730. The summed E-state index contributed by atoms with van der Waals surface area (Å²) >= 11 is 0. The van der Waals surface area contributed by atoms with E-state index in [1.807, 2.05) is 42.5 Å². The fraction of sp³-hybridized carbons (Fsp3) is 0.381. The van der Waals surface area contributed by atoms with Crippen molar-refractivity contribution in [1.82, 2.24) is 15.8 Å². The third-order valence-electron chi connectivity index (χ3n) is 4.81. The molecular formula is C21H27N3O. The summed E-state index contributed by atoms with van der Waals surface area (Å²) in [5.41, 5.74) is 9.37. The van der Waals surface area contributed by atoms with E-state index in [0.29, 0.717) is 5.92 Å². The van der Waals surface area contributed by atoms with E-state index in [9.17, 15) is 4.79 Å². The van der Waals surface area contributed by atoms with Crippen LogP contribution >= 0.6 is 0 Å². The van der Waals surface area contributed by atoms with Gasteiger partial charge in [-0.3, -0.25) is 10.2 Å². The fourth-order valence-electron chi connectivity index (χ4n) is 3.53. The Morgan fingerprint density at radius 2 is 1.76 bits per heavy atom. The van der Waals surface area contributed by atoms with Gasteiger partial charge in [0, 0.05) is 30.1 Å². The normalized spacial score (nSPS) is 20.1. The number of nitrogens with one attached hydrogen (secondary N) is 2. The third kappa shape index (κ3) is 4.34. The van der Waals surface area contributed by atoms with E-state index in [-0.39, 0.29) is 11.8 Å². The van der Waals surface area contributed by atoms with Crippen LogP contribution in [0, 0.1) is 5.92 Å². The second kappa shape index (κ2) is 8.39. The highest BCUT2D eigenvalue weighted by Crippen LogP contribution is 2.26. The molecule has 25 heavy (non-hydrogen) atoms. The van der Waals surface area contributed by atoms with Crippen LogP contribution in [0.4, 0.5) is 0 Å². The molecule has 0 aromatic heterocycles. The molecule has 1 aliphatic heterocycles. The van der Waals surface area contributed by atoms with Crippen LogP contribution < -0.4 is 10.9 Å². The molecule has 0 radical (unpaired) electrons. The van der Waals surface area contributed by atoms with Crippen LogP contribution in [0.3, 0.4) is 0 Å². The van der Waals surface area contributed by atoms with E-state index in [1.165, 1.54) is 12.0 Å². The van der Waals surface area contributed by atoms with Gasteiger partial charge in [-0.25, -0.2) is 5.43 Å². The summed E-state index contributed by atoms with van der Waals surface area (Å²) in [7, 11) is 2.18. The van der Waals surface area contributed by atoms with Gasteiger partial charge in [-0.1, -0.05) is 61.5 Å². The maximum absolute atomic E-state index is 12.5. The third-order valence-corrected chi connectivity index (χ3v) is 4.81. The molecule has 0 saturated carbocycles. The van der Waals surface area contributed by atoms with Crippen LogP contribution in [0.1, 0.15) is 40.9 Å². The van der Waals surface area contributed by atoms with E-state index in [2.05, 4.69) is 41.9 Å². The van der Waals surface area contributed by atoms with Crippen molar-refractivity contribution in [3.05, 3.63) is 71.3 Å². The molecule has 0 bridgehead atoms. The topological polar surface area (TPSA) is 44.4 Å². The summed E-state index contributed by atoms with van der Waals surface area (Å²) in [6, 6.07) is 17.8. The average molecular weight is 337 g/mol. The quantitative estimate of drug-likeness (QED) is 0.762. The molecule has 132 valence electrons. The molecule has 2 atom stereocenters. The average Bonchev–Trinajstić information content (AvgIpc) is 3.10. The van der Waals surface area contributed by atoms with Crippen LogP contribution in [0.25, 0.3) is 0 Å². The molecule has 3 rings (SSSR count). The zero-order chi connectivity index (χ0) is 17.6. The first-order valence-corrected chi connectivity index (χ1v) is 9.05. The van der Waals surface area contributed by atoms with Gasteiger partial charge in [0.2, 0.25) is 0 Å². The van der Waals surface area contributed by atoms with E-state index in [1.54, 1.807) is 0 Å². The molecule has 0 spiro atoms. The SMILES string of the molecule is CCCN(C)CC1CNNC1c1ccc(C(=O)c2ccccc2)cc1. The van der Waals surface area contributed by atoms with Crippen LogP contribution in [0.5, 0.6) is 0 Å². The first-order chi connectivity index (χ1) is 12.2. The molecule has 2 aromatic rings. The van der Waals surface area contributed by atoms with Gasteiger partial charge < -0.3 is 4.90 Å². The molecule has 1 aliphatic rings. The van der Waals surface area contributed by atoms with Crippen LogP contribution in [0.15, 0.2) is 54.6 Å². The van der Waals surface area contributed by atoms with Gasteiger partial charge in [-0.2, -0.15) is 0 Å². The van der Waals surface area contributed by atoms with Crippen molar-refractivity contribution in [3.8, 4) is 0 Å². The molecular weight excluding hydrogens is 310 g/mol. The van der Waals surface area contributed by atoms with Crippen molar-refractivity contribution in [2.24, 2.45) is 5.92 Å². The van der Waals surface area contributed by atoms with Crippen molar-refractivity contribution in [1.29, 1.82) is 0 Å². The summed E-state index contributed by atoms with van der Waals surface area (Å²) in [6.45, 7) is 5.35. The molecule has 4 nitrogen and oxygen atoms in total. The first kappa shape index (κ1) is 17.8. The Morgan fingerprint density at radius 1 is 1.08 bits per heavy atom. The lowest BCUT2D eigenvalue weighted by molar-refractivity contribution is 0.103. The second-order valence-corrected chi connectivity index (χ2v) is 6.84. The lowest BCUT2D eigenvalue weighted by Crippen LogP contribution is -2.30. The molecule has 1 saturated heterocycles. The molecule has 1 fully saturated rings. The van der Waals surface area contributed by atoms with Crippen molar-refractivity contribution in [2.45, 2.75) is 19.4 Å². The Balaban J connectivity index is 1.70. The highest BCUT2D eigenvalue weighted by Gasteiger charge is 2.29. The van der Waals surface area contributed by atoms with Crippen molar-refractivity contribution < 1.29 is 4.79 Å². The highest BCUT2D eigenvalue weighted by molar-refractivity contribution is 6.08. The predicted molar refractivity (Wildman–Crippen MR) is 101 cm³/mol. The van der Waals surface area contributed by atoms with E-state index >= 15 is 0 Å². The van der Waals surface area contributed by atoms with Gasteiger partial charge in [0.1, 0.15) is 0 Å². The molecule has 0 aliphatic carbocycles. The number of hydrogen-bond donors (Lipinski definition) is 2. The maximum atomic E-state index is 12.5. The van der Waals surface area contributed by atoms with Crippen molar-refractivity contribution in [3.63, 3.8) is 0 Å². The number of nitrogens with zero attached hydrogens (tertiary/aromatic N) is 1. The summed E-state index contributed by atoms with van der Waals surface area (Å²) in [5, 5.41) is 0. The van der Waals surface area contributed by atoms with E-state index in [4.69, 9.17) is 0 Å². The molecule has 2 unspecified atom stereocenters. The number of carbonyl (C=O) groups is 1. The molecule has 4 heteroatoms. The van der Waals surface area contributed by atoms with Gasteiger partial charge in [0.15, 0.2) is 5.78 Å².